The van der Waals surface area contributed by atoms with Crippen LogP contribution >= 0.6 is 0 Å². The number of hydrogen-bond acceptors (Lipinski definition) is 2. The third-order valence-corrected chi connectivity index (χ3v) is 3.70. The zero-order valence-electron chi connectivity index (χ0n) is 12.9. The van der Waals surface area contributed by atoms with Crippen LogP contribution in [0.25, 0.3) is 0 Å². The monoisotopic (exact) mass is 249 g/mol. The van der Waals surface area contributed by atoms with Gasteiger partial charge in [-0.2, -0.15) is 5.10 Å². The summed E-state index contributed by atoms with van der Waals surface area (Å²) >= 11 is 0. The van der Waals surface area contributed by atoms with E-state index in [1.807, 2.05) is 0 Å². The molecule has 0 N–H and O–H groups in total. The van der Waals surface area contributed by atoms with Crippen molar-refractivity contribution >= 4 is 0 Å². The largest absolute Gasteiger partial charge is 0.302 e. The minimum absolute atomic E-state index is 0.146. The van der Waals surface area contributed by atoms with Gasteiger partial charge in [0, 0.05) is 24.2 Å². The number of likely N-dealkylation sites (tertiary alicyclic amines) is 1. The molecule has 1 aromatic heterocycles. The third kappa shape index (κ3) is 2.33. The molecule has 0 unspecified atom stereocenters. The molecule has 0 saturated carbocycles. The lowest BCUT2D eigenvalue weighted by Gasteiger charge is -2.39. The summed E-state index contributed by atoms with van der Waals surface area (Å²) in [5.41, 5.74) is 3.11. The van der Waals surface area contributed by atoms with Crippen molar-refractivity contribution in [2.24, 2.45) is 0 Å². The first-order valence-corrected chi connectivity index (χ1v) is 6.87. The molecule has 18 heavy (non-hydrogen) atoms. The maximum Gasteiger partial charge on any atom is 0.0776 e. The predicted molar refractivity (Wildman–Crippen MR) is 76.2 cm³/mol. The summed E-state index contributed by atoms with van der Waals surface area (Å²) < 4.78 is 2.28. The minimum Gasteiger partial charge on any atom is -0.302 e. The van der Waals surface area contributed by atoms with Crippen molar-refractivity contribution in [1.82, 2.24) is 14.7 Å². The zero-order valence-corrected chi connectivity index (χ0v) is 12.9. The van der Waals surface area contributed by atoms with Crippen LogP contribution in [0.15, 0.2) is 6.20 Å². The van der Waals surface area contributed by atoms with E-state index >= 15 is 0 Å². The number of hydrogen-bond donors (Lipinski definition) is 0. The average Bonchev–Trinajstić information content (AvgIpc) is 2.54. The lowest BCUT2D eigenvalue weighted by molar-refractivity contribution is 0.125. The molecule has 0 aliphatic carbocycles. The molecule has 1 fully saturated rings. The molecule has 1 aliphatic heterocycles. The summed E-state index contributed by atoms with van der Waals surface area (Å²) in [7, 11) is 2.17. The van der Waals surface area contributed by atoms with Gasteiger partial charge in [0.1, 0.15) is 0 Å². The van der Waals surface area contributed by atoms with Gasteiger partial charge in [-0.15, -0.1) is 0 Å². The van der Waals surface area contributed by atoms with E-state index in [0.717, 1.165) is 13.1 Å². The number of aromatic nitrogens is 2. The summed E-state index contributed by atoms with van der Waals surface area (Å²) in [5.74, 6) is 0. The first-order valence-electron chi connectivity index (χ1n) is 6.87. The van der Waals surface area contributed by atoms with E-state index < -0.39 is 0 Å². The van der Waals surface area contributed by atoms with Crippen LogP contribution in [0.1, 0.15) is 58.8 Å². The van der Waals surface area contributed by atoms with Gasteiger partial charge in [-0.1, -0.05) is 41.5 Å². The predicted octanol–water partition coefficient (Wildman–Crippen LogP) is 2.96. The van der Waals surface area contributed by atoms with Gasteiger partial charge in [0.25, 0.3) is 0 Å². The second-order valence-corrected chi connectivity index (χ2v) is 7.73. The Labute approximate surface area is 111 Å². The molecule has 1 aromatic rings. The van der Waals surface area contributed by atoms with Gasteiger partial charge >= 0.3 is 0 Å². The molecule has 0 amide bonds. The second-order valence-electron chi connectivity index (χ2n) is 7.73. The van der Waals surface area contributed by atoms with Crippen molar-refractivity contribution in [3.05, 3.63) is 17.5 Å². The van der Waals surface area contributed by atoms with E-state index in [2.05, 4.69) is 64.4 Å². The normalized spacial score (nSPS) is 19.1. The molecule has 1 saturated heterocycles. The van der Waals surface area contributed by atoms with Crippen molar-refractivity contribution in [2.75, 3.05) is 20.1 Å². The van der Waals surface area contributed by atoms with Gasteiger partial charge in [0.2, 0.25) is 0 Å². The Hall–Kier alpha value is -0.830. The van der Waals surface area contributed by atoms with Crippen LogP contribution in [0.4, 0.5) is 0 Å². The highest BCUT2D eigenvalue weighted by Crippen LogP contribution is 2.36. The zero-order chi connectivity index (χ0) is 13.7. The smallest absolute Gasteiger partial charge is 0.0776 e. The molecule has 0 spiro atoms. The van der Waals surface area contributed by atoms with Gasteiger partial charge in [0.15, 0.2) is 0 Å². The molecule has 0 aromatic carbocycles. The molecule has 0 bridgehead atoms. The first-order chi connectivity index (χ1) is 8.10. The van der Waals surface area contributed by atoms with E-state index in [0.29, 0.717) is 6.04 Å². The van der Waals surface area contributed by atoms with E-state index in [4.69, 9.17) is 5.10 Å². The Morgan fingerprint density at radius 3 is 2.00 bits per heavy atom. The summed E-state index contributed by atoms with van der Waals surface area (Å²) in [6.07, 6.45) is 2.08. The van der Waals surface area contributed by atoms with Crippen LogP contribution in [0, 0.1) is 0 Å². The number of likely N-dealkylation sites (N-methyl/N-ethyl adjacent to an activating group) is 1. The highest BCUT2D eigenvalue weighted by molar-refractivity contribution is 5.31. The highest BCUT2D eigenvalue weighted by atomic mass is 15.4. The van der Waals surface area contributed by atoms with E-state index in [-0.39, 0.29) is 10.8 Å². The Balaban J connectivity index is 2.46. The summed E-state index contributed by atoms with van der Waals surface area (Å²) in [6, 6.07) is 0.556. The fraction of sp³-hybridized carbons (Fsp3) is 0.800. The molecule has 0 atom stereocenters. The SMILES string of the molecule is CN1CC(n2ncc(C(C)(C)C)c2C(C)(C)C)C1. The van der Waals surface area contributed by atoms with Gasteiger partial charge in [-0.3, -0.25) is 4.68 Å². The molecule has 0 radical (unpaired) electrons. The van der Waals surface area contributed by atoms with Crippen molar-refractivity contribution in [3.63, 3.8) is 0 Å². The van der Waals surface area contributed by atoms with Gasteiger partial charge < -0.3 is 4.90 Å². The Morgan fingerprint density at radius 2 is 1.61 bits per heavy atom. The molecule has 102 valence electrons. The van der Waals surface area contributed by atoms with Crippen molar-refractivity contribution < 1.29 is 0 Å². The maximum absolute atomic E-state index is 4.70. The van der Waals surface area contributed by atoms with E-state index in [9.17, 15) is 0 Å². The van der Waals surface area contributed by atoms with Crippen molar-refractivity contribution in [1.29, 1.82) is 0 Å². The molecule has 1 aliphatic rings. The summed E-state index contributed by atoms with van der Waals surface area (Å²) in [6.45, 7) is 15.9. The van der Waals surface area contributed by atoms with Crippen molar-refractivity contribution in [3.8, 4) is 0 Å². The van der Waals surface area contributed by atoms with Gasteiger partial charge in [0.05, 0.1) is 12.2 Å². The quantitative estimate of drug-likeness (QED) is 0.763. The summed E-state index contributed by atoms with van der Waals surface area (Å²) in [5, 5.41) is 4.70. The summed E-state index contributed by atoms with van der Waals surface area (Å²) in [4.78, 5) is 2.34. The topological polar surface area (TPSA) is 21.1 Å². The lowest BCUT2D eigenvalue weighted by atomic mass is 9.79. The highest BCUT2D eigenvalue weighted by Gasteiger charge is 2.35. The average molecular weight is 249 g/mol. The van der Waals surface area contributed by atoms with Gasteiger partial charge in [-0.25, -0.2) is 0 Å². The lowest BCUT2D eigenvalue weighted by Crippen LogP contribution is -2.46. The minimum atomic E-state index is 0.146. The van der Waals surface area contributed by atoms with Gasteiger partial charge in [-0.05, 0) is 18.0 Å². The molecule has 3 heteroatoms. The van der Waals surface area contributed by atoms with Crippen LogP contribution in [0.5, 0.6) is 0 Å². The molecule has 3 nitrogen and oxygen atoms in total. The first kappa shape index (κ1) is 13.6. The van der Waals surface area contributed by atoms with Crippen LogP contribution < -0.4 is 0 Å². The number of nitrogens with zero attached hydrogens (tertiary/aromatic N) is 3. The van der Waals surface area contributed by atoms with E-state index in [1.54, 1.807) is 0 Å². The van der Waals surface area contributed by atoms with Crippen LogP contribution in [0.3, 0.4) is 0 Å². The van der Waals surface area contributed by atoms with Crippen LogP contribution in [-0.2, 0) is 10.8 Å². The van der Waals surface area contributed by atoms with Crippen molar-refractivity contribution in [2.45, 2.75) is 58.4 Å². The Bertz CT molecular complexity index is 426. The Kier molecular flexibility index (Phi) is 3.09. The molecular weight excluding hydrogens is 222 g/mol. The molecular formula is C15H27N3. The van der Waals surface area contributed by atoms with E-state index in [1.165, 1.54) is 11.3 Å². The maximum atomic E-state index is 4.70. The standard InChI is InChI=1S/C15H27N3/c1-14(2,3)12-8-16-18(11-9-17(7)10-11)13(12)15(4,5)6/h8,11H,9-10H2,1-7H3. The third-order valence-electron chi connectivity index (χ3n) is 3.70. The second kappa shape index (κ2) is 4.09. The molecule has 2 heterocycles. The fourth-order valence-corrected chi connectivity index (χ4v) is 2.76. The molecule has 2 rings (SSSR count). The fourth-order valence-electron chi connectivity index (χ4n) is 2.76. The van der Waals surface area contributed by atoms with Crippen LogP contribution in [-0.4, -0.2) is 34.8 Å². The number of rotatable bonds is 1. The van der Waals surface area contributed by atoms with Crippen LogP contribution in [0.2, 0.25) is 0 Å². The Morgan fingerprint density at radius 1 is 1.06 bits per heavy atom.